The highest BCUT2D eigenvalue weighted by Gasteiger charge is 2.33. The summed E-state index contributed by atoms with van der Waals surface area (Å²) in [4.78, 5) is 127. The Morgan fingerprint density at radius 1 is 0.629 bits per heavy atom. The maximum absolute atomic E-state index is 14.1. The van der Waals surface area contributed by atoms with Gasteiger partial charge in [-0.3, -0.25) is 38.4 Å². The quantitative estimate of drug-likeness (QED) is 0.0330. The summed E-state index contributed by atoms with van der Waals surface area (Å²) >= 11 is 0. The predicted octanol–water partition coefficient (Wildman–Crippen LogP) is -1.33. The molecular formula is C47H61N12O11. The Morgan fingerprint density at radius 3 is 1.86 bits per heavy atom. The van der Waals surface area contributed by atoms with Gasteiger partial charge in [0.1, 0.15) is 49.8 Å². The number of nitrogens with zero attached hydrogens (tertiary/aromatic N) is 1. The predicted molar refractivity (Wildman–Crippen MR) is 253 cm³/mol. The van der Waals surface area contributed by atoms with Crippen molar-refractivity contribution in [2.75, 3.05) is 0 Å². The summed E-state index contributed by atoms with van der Waals surface area (Å²) in [6, 6.07) is 8.47. The number of fused-ring (bicyclic) bond motifs is 1. The van der Waals surface area contributed by atoms with Gasteiger partial charge in [-0.2, -0.15) is 0 Å². The van der Waals surface area contributed by atoms with Gasteiger partial charge in [0.15, 0.2) is 0 Å². The van der Waals surface area contributed by atoms with Crippen molar-refractivity contribution < 1.29 is 53.4 Å². The van der Waals surface area contributed by atoms with Crippen LogP contribution in [0.3, 0.4) is 0 Å². The van der Waals surface area contributed by atoms with Crippen LogP contribution < -0.4 is 48.3 Å². The highest BCUT2D eigenvalue weighted by atomic mass is 16.4. The monoisotopic (exact) mass is 969 g/mol. The maximum Gasteiger partial charge on any atom is 0.326 e. The van der Waals surface area contributed by atoms with Gasteiger partial charge in [0.25, 0.3) is 0 Å². The molecule has 0 fully saturated rings. The molecule has 7 atom stereocenters. The minimum absolute atomic E-state index is 0.0370. The van der Waals surface area contributed by atoms with Gasteiger partial charge in [0, 0.05) is 41.8 Å². The van der Waals surface area contributed by atoms with E-state index in [2.05, 4.69) is 57.5 Å². The van der Waals surface area contributed by atoms with E-state index < -0.39 is 101 Å². The van der Waals surface area contributed by atoms with Crippen LogP contribution in [-0.2, 0) is 62.4 Å². The fraction of sp³-hybridized carbons (Fsp3) is 0.383. The minimum atomic E-state index is -1.62. The fourth-order valence-electron chi connectivity index (χ4n) is 6.99. The Labute approximate surface area is 404 Å². The number of aliphatic carboxylic acids is 1. The molecule has 375 valence electrons. The number of aliphatic hydroxyl groups excluding tert-OH is 1. The summed E-state index contributed by atoms with van der Waals surface area (Å²) in [6.07, 6.45) is 3.01. The summed E-state index contributed by atoms with van der Waals surface area (Å²) in [7, 11) is 0. The summed E-state index contributed by atoms with van der Waals surface area (Å²) in [5.74, 6) is -8.91. The lowest BCUT2D eigenvalue weighted by Gasteiger charge is -2.25. The molecule has 0 aliphatic heterocycles. The first-order valence-electron chi connectivity index (χ1n) is 22.4. The van der Waals surface area contributed by atoms with Crippen LogP contribution in [-0.4, -0.2) is 121 Å². The molecule has 8 amide bonds. The number of benzene rings is 2. The lowest BCUT2D eigenvalue weighted by atomic mass is 10.0. The smallest absolute Gasteiger partial charge is 0.326 e. The lowest BCUT2D eigenvalue weighted by Crippen LogP contribution is -2.58. The number of carboxylic acids is 1. The molecule has 14 N–H and O–H groups in total. The topological polar surface area (TPSA) is 361 Å². The minimum Gasteiger partial charge on any atom is -0.480 e. The van der Waals surface area contributed by atoms with Crippen LogP contribution in [0.4, 0.5) is 0 Å². The zero-order chi connectivity index (χ0) is 51.5. The Kier molecular flexibility index (Phi) is 21.0. The Hall–Kier alpha value is -7.66. The first-order chi connectivity index (χ1) is 33.2. The van der Waals surface area contributed by atoms with Crippen molar-refractivity contribution in [1.82, 2.24) is 57.5 Å². The number of rotatable bonds is 27. The van der Waals surface area contributed by atoms with Gasteiger partial charge in [0.2, 0.25) is 47.3 Å². The van der Waals surface area contributed by atoms with Crippen LogP contribution >= 0.6 is 0 Å². The molecular weight excluding hydrogens is 909 g/mol. The molecule has 23 nitrogen and oxygen atoms in total. The number of aromatic amines is 2. The van der Waals surface area contributed by atoms with Crippen LogP contribution in [0.1, 0.15) is 57.9 Å². The standard InChI is InChI=1S/C47H61N12O11/c1-25(2)15-34(56-42(64)32(48)16-28-11-7-6-8-12-28)43(65)52-21-37(61)51-22-38(62)55-36(18-30-20-49-24-54-30)45(67)57-35(17-29-19-50-33-14-10-9-13-31(29)33)44(66)53-23-39(63)58-41(27(5)60)46(68)59-40(26(3)4)47(69)70/h6-14,19-27,32,34-36,40-41,50,60H,15-18,48H2,1-5H3,(H,49,54)(H,51,61)(H,52,65)(H,53,66)(H,55,62)(H,56,64)(H,57,67)(H,58,63)(H,59,68)(H,69,70). The number of nitrogens with one attached hydrogen (secondary N) is 10. The van der Waals surface area contributed by atoms with Crippen LogP contribution in [0, 0.1) is 31.5 Å². The van der Waals surface area contributed by atoms with Crippen LogP contribution in [0.5, 0.6) is 0 Å². The third-order valence-electron chi connectivity index (χ3n) is 10.6. The Balaban J connectivity index is 1.40. The summed E-state index contributed by atoms with van der Waals surface area (Å²) in [6.45, 7) is 10.1. The number of aliphatic hydroxyl groups is 1. The van der Waals surface area contributed by atoms with E-state index >= 15 is 0 Å². The summed E-state index contributed by atoms with van der Waals surface area (Å²) in [5, 5.41) is 39.6. The number of carbonyl (C=O) groups is 9. The molecule has 2 aromatic heterocycles. The number of nitrogens with two attached hydrogens (primary N) is 1. The van der Waals surface area contributed by atoms with Gasteiger partial charge >= 0.3 is 5.97 Å². The molecule has 0 spiro atoms. The second-order valence-electron chi connectivity index (χ2n) is 17.2. The largest absolute Gasteiger partial charge is 0.480 e. The molecule has 2 aromatic carbocycles. The van der Waals surface area contributed by atoms with E-state index in [0.29, 0.717) is 29.7 Å². The third kappa shape index (κ3) is 17.5. The van der Waals surface area contributed by atoms with E-state index in [9.17, 15) is 53.4 Å². The number of carbonyl (C=O) groups excluding carboxylic acids is 8. The summed E-state index contributed by atoms with van der Waals surface area (Å²) in [5.41, 5.74) is 8.65. The summed E-state index contributed by atoms with van der Waals surface area (Å²) < 4.78 is 0. The van der Waals surface area contributed by atoms with Gasteiger partial charge in [-0.25, -0.2) is 9.78 Å². The number of carboxylic acid groups (broad SMARTS) is 1. The van der Waals surface area contributed by atoms with Gasteiger partial charge in [-0.05, 0) is 48.8 Å². The van der Waals surface area contributed by atoms with Gasteiger partial charge in [-0.1, -0.05) is 76.2 Å². The molecule has 7 unspecified atom stereocenters. The number of imidazole rings is 1. The van der Waals surface area contributed by atoms with Crippen molar-refractivity contribution in [2.45, 2.75) is 103 Å². The average Bonchev–Trinajstić information content (AvgIpc) is 3.99. The second kappa shape index (κ2) is 26.8. The SMILES string of the molecule is CC(C)CC(NC(=O)C(N)Cc1ccccc1)C(=O)N[CH]C(=O)N[CH]C(=O)NC(Cc1cnc[nH]1)C(=O)NC(Cc1c[nH]c2ccccc12)C(=O)N[CH]C(=O)NC(C(=O)NC(C(=O)O)C(C)C)C(C)O. The second-order valence-corrected chi connectivity index (χ2v) is 17.2. The number of hydrogen-bond acceptors (Lipinski definition) is 12. The van der Waals surface area contributed by atoms with Gasteiger partial charge in [-0.15, -0.1) is 0 Å². The molecule has 23 heteroatoms. The first-order valence-corrected chi connectivity index (χ1v) is 22.4. The highest BCUT2D eigenvalue weighted by Crippen LogP contribution is 2.19. The van der Waals surface area contributed by atoms with Gasteiger partial charge in [0.05, 0.1) is 18.5 Å². The van der Waals surface area contributed by atoms with Crippen molar-refractivity contribution in [2.24, 2.45) is 17.6 Å². The van der Waals surface area contributed by atoms with Crippen molar-refractivity contribution in [3.63, 3.8) is 0 Å². The molecule has 70 heavy (non-hydrogen) atoms. The van der Waals surface area contributed by atoms with E-state index in [-0.39, 0.29) is 31.6 Å². The van der Waals surface area contributed by atoms with Crippen LogP contribution in [0.15, 0.2) is 73.3 Å². The lowest BCUT2D eigenvalue weighted by molar-refractivity contribution is -0.144. The van der Waals surface area contributed by atoms with Crippen LogP contribution in [0.2, 0.25) is 0 Å². The zero-order valence-electron chi connectivity index (χ0n) is 39.3. The van der Waals surface area contributed by atoms with E-state index in [4.69, 9.17) is 5.73 Å². The molecule has 0 saturated heterocycles. The van der Waals surface area contributed by atoms with E-state index in [1.54, 1.807) is 44.3 Å². The van der Waals surface area contributed by atoms with Crippen LogP contribution in [0.25, 0.3) is 10.9 Å². The molecule has 0 bridgehead atoms. The molecule has 3 radical (unpaired) electrons. The van der Waals surface area contributed by atoms with Gasteiger partial charge < -0.3 is 68.4 Å². The van der Waals surface area contributed by atoms with E-state index in [1.807, 2.05) is 44.2 Å². The number of aromatic nitrogens is 3. The molecule has 0 saturated carbocycles. The molecule has 0 aliphatic rings. The first kappa shape index (κ1) is 54.9. The van der Waals surface area contributed by atoms with Crippen molar-refractivity contribution in [3.05, 3.63) is 110 Å². The normalized spacial score (nSPS) is 14.2. The Bertz CT molecular complexity index is 2420. The molecule has 4 rings (SSSR count). The molecule has 2 heterocycles. The number of hydrogen-bond donors (Lipinski definition) is 13. The number of para-hydroxylation sites is 1. The molecule has 4 aromatic rings. The maximum atomic E-state index is 14.1. The van der Waals surface area contributed by atoms with E-state index in [0.717, 1.165) is 17.6 Å². The Morgan fingerprint density at radius 2 is 1.23 bits per heavy atom. The van der Waals surface area contributed by atoms with E-state index in [1.165, 1.54) is 19.4 Å². The average molecular weight is 970 g/mol. The zero-order valence-corrected chi connectivity index (χ0v) is 39.3. The fourth-order valence-corrected chi connectivity index (χ4v) is 6.99. The van der Waals surface area contributed by atoms with Crippen molar-refractivity contribution in [3.8, 4) is 0 Å². The molecule has 0 aliphatic carbocycles. The van der Waals surface area contributed by atoms with Crippen molar-refractivity contribution in [1.29, 1.82) is 0 Å². The highest BCUT2D eigenvalue weighted by molar-refractivity contribution is 6.00. The number of H-pyrrole nitrogens is 2. The van der Waals surface area contributed by atoms with Crippen molar-refractivity contribution >= 4 is 64.1 Å². The number of amides is 8. The third-order valence-corrected chi connectivity index (χ3v) is 10.6.